The molecule has 0 spiro atoms. The monoisotopic (exact) mass is 823 g/mol. The second kappa shape index (κ2) is 36.6. The molecule has 1 aliphatic heterocycles. The van der Waals surface area contributed by atoms with Crippen LogP contribution in [0.3, 0.4) is 0 Å². The number of rotatable bonds is 39. The molecule has 1 rings (SSSR count). The van der Waals surface area contributed by atoms with Gasteiger partial charge in [-0.25, -0.2) is 4.57 Å². The first-order chi connectivity index (χ1) is 26.3. The Kier molecular flexibility index (Phi) is 34.7. The molecule has 3 atom stereocenters. The number of carbonyl (C=O) groups excluding carboxylic acids is 3. The van der Waals surface area contributed by atoms with E-state index in [0.29, 0.717) is 18.1 Å². The first kappa shape index (κ1) is 51.2. The van der Waals surface area contributed by atoms with E-state index < -0.39 is 32.5 Å². The number of nitrogens with one attached hydrogen (secondary N) is 1. The summed E-state index contributed by atoms with van der Waals surface area (Å²) in [6, 6.07) is 0. The SMILES string of the molecule is CCCCCCCCCCCCCC(=O)OCC(COP(=O)(O)OCCNC(=O)CCCCC1CCSS1)OC(=O)CCCCCCCCCCCCC. The van der Waals surface area contributed by atoms with Crippen molar-refractivity contribution in [3.05, 3.63) is 0 Å². The molecule has 1 fully saturated rings. The Morgan fingerprint density at radius 2 is 1.17 bits per heavy atom. The summed E-state index contributed by atoms with van der Waals surface area (Å²) in [4.78, 5) is 47.6. The van der Waals surface area contributed by atoms with Gasteiger partial charge in [-0.3, -0.25) is 23.4 Å². The third kappa shape index (κ3) is 33.4. The van der Waals surface area contributed by atoms with Crippen LogP contribution >= 0.6 is 29.4 Å². The first-order valence-electron chi connectivity index (χ1n) is 21.8. The molecule has 3 unspecified atom stereocenters. The maximum Gasteiger partial charge on any atom is 0.472 e. The van der Waals surface area contributed by atoms with Crippen molar-refractivity contribution in [2.75, 3.05) is 32.1 Å². The number of carbonyl (C=O) groups is 3. The van der Waals surface area contributed by atoms with E-state index in [1.807, 2.05) is 21.6 Å². The zero-order valence-corrected chi connectivity index (χ0v) is 36.7. The van der Waals surface area contributed by atoms with Gasteiger partial charge in [-0.05, 0) is 32.1 Å². The molecule has 1 aliphatic rings. The fraction of sp³-hybridized carbons (Fsp3) is 0.927. The van der Waals surface area contributed by atoms with Crippen LogP contribution in [0, 0.1) is 0 Å². The average Bonchev–Trinajstić information content (AvgIpc) is 3.68. The van der Waals surface area contributed by atoms with Gasteiger partial charge in [0.15, 0.2) is 6.10 Å². The predicted molar refractivity (Wildman–Crippen MR) is 225 cm³/mol. The van der Waals surface area contributed by atoms with E-state index in [1.54, 1.807) is 0 Å². The highest BCUT2D eigenvalue weighted by Crippen LogP contribution is 2.43. The summed E-state index contributed by atoms with van der Waals surface area (Å²) < 4.78 is 33.7. The van der Waals surface area contributed by atoms with Gasteiger partial charge in [0.2, 0.25) is 5.91 Å². The third-order valence-corrected chi connectivity index (χ3v) is 13.7. The zero-order valence-electron chi connectivity index (χ0n) is 34.2. The van der Waals surface area contributed by atoms with Gasteiger partial charge in [-0.1, -0.05) is 170 Å². The lowest BCUT2D eigenvalue weighted by molar-refractivity contribution is -0.161. The van der Waals surface area contributed by atoms with Gasteiger partial charge in [0.05, 0.1) is 13.2 Å². The van der Waals surface area contributed by atoms with E-state index in [1.165, 1.54) is 108 Å². The second-order valence-electron chi connectivity index (χ2n) is 14.9. The van der Waals surface area contributed by atoms with Crippen molar-refractivity contribution in [3.8, 4) is 0 Å². The largest absolute Gasteiger partial charge is 0.472 e. The molecule has 1 saturated heterocycles. The minimum absolute atomic E-state index is 0.0654. The van der Waals surface area contributed by atoms with Crippen molar-refractivity contribution in [3.63, 3.8) is 0 Å². The molecule has 10 nitrogen and oxygen atoms in total. The molecule has 0 aliphatic carbocycles. The lowest BCUT2D eigenvalue weighted by Crippen LogP contribution is -2.30. The smallest absolute Gasteiger partial charge is 0.462 e. The number of hydrogen-bond acceptors (Lipinski definition) is 10. The van der Waals surface area contributed by atoms with Crippen molar-refractivity contribution in [2.24, 2.45) is 0 Å². The van der Waals surface area contributed by atoms with E-state index in [0.717, 1.165) is 57.8 Å². The maximum atomic E-state index is 12.7. The van der Waals surface area contributed by atoms with Crippen molar-refractivity contribution in [1.82, 2.24) is 5.32 Å². The van der Waals surface area contributed by atoms with Crippen LogP contribution in [0.2, 0.25) is 0 Å². The summed E-state index contributed by atoms with van der Waals surface area (Å²) in [5, 5.41) is 3.40. The molecule has 54 heavy (non-hydrogen) atoms. The maximum absolute atomic E-state index is 12.7. The predicted octanol–water partition coefficient (Wildman–Crippen LogP) is 11.8. The Hall–Kier alpha value is -0.780. The molecule has 1 heterocycles. The Labute approximate surface area is 337 Å². The standard InChI is InChI=1S/C41H78NO9PS2/c1-3-5-7-9-11-13-15-17-19-21-23-29-40(44)48-35-37(51-41(45)30-24-22-20-18-16-14-12-10-8-6-4-2)36-50-52(46,47)49-33-32-42-39(43)28-26-25-27-38-31-34-53-54-38/h37-38H,3-36H2,1-2H3,(H,42,43)(H,46,47). The number of ether oxygens (including phenoxy) is 2. The molecule has 318 valence electrons. The lowest BCUT2D eigenvalue weighted by Gasteiger charge is -2.20. The normalized spacial score (nSPS) is 15.9. The molecule has 1 amide bonds. The van der Waals surface area contributed by atoms with Crippen LogP contribution in [0.25, 0.3) is 0 Å². The number of phosphoric acid groups is 1. The van der Waals surface area contributed by atoms with Gasteiger partial charge in [-0.15, -0.1) is 0 Å². The number of esters is 2. The van der Waals surface area contributed by atoms with E-state index in [9.17, 15) is 23.8 Å². The highest BCUT2D eigenvalue weighted by molar-refractivity contribution is 8.77. The fourth-order valence-electron chi connectivity index (χ4n) is 6.36. The Morgan fingerprint density at radius 1 is 0.667 bits per heavy atom. The fourth-order valence-corrected chi connectivity index (χ4v) is 10.1. The van der Waals surface area contributed by atoms with E-state index >= 15 is 0 Å². The second-order valence-corrected chi connectivity index (χ2v) is 19.1. The van der Waals surface area contributed by atoms with Gasteiger partial charge >= 0.3 is 19.8 Å². The Morgan fingerprint density at radius 3 is 1.69 bits per heavy atom. The minimum Gasteiger partial charge on any atom is -0.462 e. The van der Waals surface area contributed by atoms with Crippen LogP contribution < -0.4 is 5.32 Å². The molecule has 13 heteroatoms. The number of hydrogen-bond donors (Lipinski definition) is 2. The average molecular weight is 824 g/mol. The van der Waals surface area contributed by atoms with E-state index in [-0.39, 0.29) is 38.5 Å². The zero-order chi connectivity index (χ0) is 39.4. The van der Waals surface area contributed by atoms with Crippen molar-refractivity contribution < 1.29 is 42.4 Å². The number of amides is 1. The summed E-state index contributed by atoms with van der Waals surface area (Å²) in [5.74, 6) is 0.221. The van der Waals surface area contributed by atoms with Gasteiger partial charge in [-0.2, -0.15) is 0 Å². The summed E-state index contributed by atoms with van der Waals surface area (Å²) in [6.45, 7) is 3.58. The molecular weight excluding hydrogens is 746 g/mol. The van der Waals surface area contributed by atoms with Crippen molar-refractivity contribution in [1.29, 1.82) is 0 Å². The minimum atomic E-state index is -4.51. The topological polar surface area (TPSA) is 137 Å². The number of phosphoric ester groups is 1. The van der Waals surface area contributed by atoms with Crippen molar-refractivity contribution in [2.45, 2.75) is 211 Å². The van der Waals surface area contributed by atoms with Gasteiger partial charge in [0.25, 0.3) is 0 Å². The summed E-state index contributed by atoms with van der Waals surface area (Å²) in [7, 11) is -0.658. The van der Waals surface area contributed by atoms with Gasteiger partial charge in [0, 0.05) is 36.8 Å². The van der Waals surface area contributed by atoms with Crippen molar-refractivity contribution >= 4 is 47.3 Å². The van der Waals surface area contributed by atoms with Crippen LogP contribution in [0.15, 0.2) is 0 Å². The molecule has 0 radical (unpaired) electrons. The third-order valence-electron chi connectivity index (χ3n) is 9.71. The molecule has 0 aromatic rings. The Bertz CT molecular complexity index is 971. The van der Waals surface area contributed by atoms with E-state index in [4.69, 9.17) is 18.5 Å². The summed E-state index contributed by atoms with van der Waals surface area (Å²) in [5.41, 5.74) is 0. The van der Waals surface area contributed by atoms with E-state index in [2.05, 4.69) is 19.2 Å². The van der Waals surface area contributed by atoms with Crippen LogP contribution in [0.4, 0.5) is 0 Å². The highest BCUT2D eigenvalue weighted by Gasteiger charge is 2.26. The molecule has 0 saturated carbocycles. The highest BCUT2D eigenvalue weighted by atomic mass is 33.1. The molecule has 0 aromatic heterocycles. The van der Waals surface area contributed by atoms with Crippen LogP contribution in [0.5, 0.6) is 0 Å². The molecule has 0 bridgehead atoms. The molecule has 0 aromatic carbocycles. The van der Waals surface area contributed by atoms with Crippen LogP contribution in [-0.2, 0) is 37.5 Å². The van der Waals surface area contributed by atoms with Crippen LogP contribution in [0.1, 0.15) is 200 Å². The summed E-state index contributed by atoms with van der Waals surface area (Å²) in [6.07, 6.45) is 29.8. The lowest BCUT2D eigenvalue weighted by atomic mass is 10.1. The molecule has 2 N–H and O–H groups in total. The summed E-state index contributed by atoms with van der Waals surface area (Å²) >= 11 is 0. The molecular formula is C41H78NO9PS2. The van der Waals surface area contributed by atoms with Gasteiger partial charge in [0.1, 0.15) is 6.61 Å². The quantitative estimate of drug-likeness (QED) is 0.0265. The van der Waals surface area contributed by atoms with Gasteiger partial charge < -0.3 is 19.7 Å². The first-order valence-corrected chi connectivity index (χ1v) is 25.7. The number of unbranched alkanes of at least 4 members (excludes halogenated alkanes) is 21. The van der Waals surface area contributed by atoms with Crippen LogP contribution in [-0.4, -0.2) is 66.2 Å². The Balaban J connectivity index is 2.36.